The van der Waals surface area contributed by atoms with Crippen LogP contribution in [0.2, 0.25) is 0 Å². The van der Waals surface area contributed by atoms with Crippen molar-refractivity contribution in [3.63, 3.8) is 0 Å². The Hall–Kier alpha value is -2.74. The number of anilines is 2. The fraction of sp³-hybridized carbons (Fsp3) is 0.100. The molecule has 4 rings (SSSR count). The second kappa shape index (κ2) is 5.57. The third kappa shape index (κ3) is 2.23. The van der Waals surface area contributed by atoms with E-state index in [1.165, 1.54) is 32.3 Å². The van der Waals surface area contributed by atoms with Crippen LogP contribution in [-0.4, -0.2) is 0 Å². The Morgan fingerprint density at radius 2 is 0.864 bits per heavy atom. The van der Waals surface area contributed by atoms with Crippen LogP contribution in [0, 0.1) is 0 Å². The van der Waals surface area contributed by atoms with E-state index in [1.54, 1.807) is 0 Å². The average molecular weight is 288 g/mol. The van der Waals surface area contributed by atoms with E-state index in [-0.39, 0.29) is 0 Å². The Morgan fingerprint density at radius 1 is 0.500 bits per heavy atom. The molecule has 2 heteroatoms. The second-order valence-corrected chi connectivity index (χ2v) is 5.19. The molecule has 0 saturated carbocycles. The molecule has 0 unspecified atom stereocenters. The minimum atomic E-state index is 0.797. The van der Waals surface area contributed by atoms with E-state index in [0.717, 1.165) is 11.4 Å². The minimum Gasteiger partial charge on any atom is -0.399 e. The van der Waals surface area contributed by atoms with Gasteiger partial charge in [0.05, 0.1) is 0 Å². The highest BCUT2D eigenvalue weighted by molar-refractivity contribution is 6.17. The normalized spacial score (nSPS) is 10.6. The van der Waals surface area contributed by atoms with E-state index in [2.05, 4.69) is 36.4 Å². The van der Waals surface area contributed by atoms with Crippen LogP contribution in [0.5, 0.6) is 0 Å². The summed E-state index contributed by atoms with van der Waals surface area (Å²) in [4.78, 5) is 0. The zero-order valence-corrected chi connectivity index (χ0v) is 12.9. The van der Waals surface area contributed by atoms with E-state index in [0.29, 0.717) is 0 Å². The van der Waals surface area contributed by atoms with Gasteiger partial charge in [0.25, 0.3) is 0 Å². The number of hydrogen-bond acceptors (Lipinski definition) is 2. The second-order valence-electron chi connectivity index (χ2n) is 5.19. The van der Waals surface area contributed by atoms with E-state index in [4.69, 9.17) is 11.5 Å². The van der Waals surface area contributed by atoms with Crippen molar-refractivity contribution >= 4 is 43.7 Å². The smallest absolute Gasteiger partial charge is 0.0320 e. The lowest BCUT2D eigenvalue weighted by atomic mass is 9.97. The van der Waals surface area contributed by atoms with Gasteiger partial charge in [0.2, 0.25) is 0 Å². The molecule has 0 aliphatic rings. The molecule has 0 heterocycles. The fourth-order valence-corrected chi connectivity index (χ4v) is 2.92. The van der Waals surface area contributed by atoms with Crippen molar-refractivity contribution in [2.45, 2.75) is 13.8 Å². The molecule has 2 nitrogen and oxygen atoms in total. The van der Waals surface area contributed by atoms with Crippen LogP contribution >= 0.6 is 0 Å². The maximum Gasteiger partial charge on any atom is 0.0320 e. The summed E-state index contributed by atoms with van der Waals surface area (Å²) in [6, 6.07) is 20.7. The summed E-state index contributed by atoms with van der Waals surface area (Å²) in [5.74, 6) is 0. The number of hydrogen-bond donors (Lipinski definition) is 2. The fourth-order valence-electron chi connectivity index (χ4n) is 2.92. The summed E-state index contributed by atoms with van der Waals surface area (Å²) in [6.45, 7) is 4.00. The van der Waals surface area contributed by atoms with Crippen LogP contribution in [0.15, 0.2) is 60.7 Å². The van der Waals surface area contributed by atoms with Crippen molar-refractivity contribution in [1.82, 2.24) is 0 Å². The highest BCUT2D eigenvalue weighted by atomic mass is 14.5. The minimum absolute atomic E-state index is 0.797. The first kappa shape index (κ1) is 14.2. The molecule has 0 aliphatic heterocycles. The summed E-state index contributed by atoms with van der Waals surface area (Å²) in [5, 5.41) is 7.31. The third-order valence-corrected chi connectivity index (χ3v) is 3.88. The third-order valence-electron chi connectivity index (χ3n) is 3.88. The summed E-state index contributed by atoms with van der Waals surface area (Å²) in [7, 11) is 0. The Bertz CT molecular complexity index is 890. The molecule has 0 fully saturated rings. The molecular weight excluding hydrogens is 268 g/mol. The van der Waals surface area contributed by atoms with Crippen LogP contribution in [0.3, 0.4) is 0 Å². The van der Waals surface area contributed by atoms with Gasteiger partial charge >= 0.3 is 0 Å². The van der Waals surface area contributed by atoms with Crippen LogP contribution in [0.1, 0.15) is 13.8 Å². The van der Waals surface area contributed by atoms with Crippen molar-refractivity contribution in [3.8, 4) is 0 Å². The molecule has 0 bridgehead atoms. The maximum atomic E-state index is 5.86. The maximum absolute atomic E-state index is 5.86. The molecule has 4 aromatic rings. The molecule has 0 amide bonds. The summed E-state index contributed by atoms with van der Waals surface area (Å²) in [5.41, 5.74) is 13.3. The monoisotopic (exact) mass is 288 g/mol. The van der Waals surface area contributed by atoms with Gasteiger partial charge in [-0.15, -0.1) is 0 Å². The Balaban J connectivity index is 0.000000693. The van der Waals surface area contributed by atoms with Crippen LogP contribution in [0.4, 0.5) is 11.4 Å². The number of nitrogen functional groups attached to an aromatic ring is 2. The number of benzene rings is 4. The molecule has 22 heavy (non-hydrogen) atoms. The molecule has 0 aromatic heterocycles. The van der Waals surface area contributed by atoms with Gasteiger partial charge in [-0.2, -0.15) is 0 Å². The predicted octanol–water partition coefficient (Wildman–Crippen LogP) is 5.34. The van der Waals surface area contributed by atoms with Crippen molar-refractivity contribution in [1.29, 1.82) is 0 Å². The van der Waals surface area contributed by atoms with Gasteiger partial charge in [-0.1, -0.05) is 50.2 Å². The van der Waals surface area contributed by atoms with Gasteiger partial charge in [0.1, 0.15) is 0 Å². The quantitative estimate of drug-likeness (QED) is 0.339. The molecule has 0 saturated heterocycles. The largest absolute Gasteiger partial charge is 0.399 e. The van der Waals surface area contributed by atoms with Gasteiger partial charge in [-0.3, -0.25) is 0 Å². The SMILES string of the molecule is CC.Nc1ccc2c(ccc3c4ccc(N)cc4ccc23)c1. The number of fused-ring (bicyclic) bond motifs is 5. The zero-order chi connectivity index (χ0) is 15.7. The predicted molar refractivity (Wildman–Crippen MR) is 99.1 cm³/mol. The lowest BCUT2D eigenvalue weighted by molar-refractivity contribution is 1.50. The van der Waals surface area contributed by atoms with Gasteiger partial charge in [0.15, 0.2) is 0 Å². The van der Waals surface area contributed by atoms with Gasteiger partial charge in [-0.25, -0.2) is 0 Å². The lowest BCUT2D eigenvalue weighted by Gasteiger charge is -2.08. The van der Waals surface area contributed by atoms with Crippen molar-refractivity contribution < 1.29 is 0 Å². The van der Waals surface area contributed by atoms with E-state index in [9.17, 15) is 0 Å². The Morgan fingerprint density at radius 3 is 1.27 bits per heavy atom. The summed E-state index contributed by atoms with van der Waals surface area (Å²) >= 11 is 0. The van der Waals surface area contributed by atoms with Gasteiger partial charge in [-0.05, 0) is 56.6 Å². The highest BCUT2D eigenvalue weighted by Gasteiger charge is 2.05. The molecule has 4 N–H and O–H groups in total. The molecule has 110 valence electrons. The van der Waals surface area contributed by atoms with Crippen molar-refractivity contribution in [2.75, 3.05) is 11.5 Å². The standard InChI is InChI=1S/C18H14N2.C2H6/c19-13-3-7-15-11(9-13)1-5-17-16-8-4-14(20)10-12(16)2-6-18(15)17;1-2/h1-10H,19-20H2;1-2H3. The Labute approximate surface area is 130 Å². The van der Waals surface area contributed by atoms with Crippen LogP contribution in [-0.2, 0) is 0 Å². The highest BCUT2D eigenvalue weighted by Crippen LogP contribution is 2.32. The molecule has 0 aliphatic carbocycles. The van der Waals surface area contributed by atoms with Crippen molar-refractivity contribution in [3.05, 3.63) is 60.7 Å². The van der Waals surface area contributed by atoms with E-state index in [1.807, 2.05) is 38.1 Å². The first-order chi connectivity index (χ1) is 10.7. The van der Waals surface area contributed by atoms with E-state index < -0.39 is 0 Å². The first-order valence-corrected chi connectivity index (χ1v) is 7.62. The average Bonchev–Trinajstić information content (AvgIpc) is 2.55. The van der Waals surface area contributed by atoms with Crippen molar-refractivity contribution in [2.24, 2.45) is 0 Å². The van der Waals surface area contributed by atoms with Crippen LogP contribution in [0.25, 0.3) is 32.3 Å². The number of rotatable bonds is 0. The molecular formula is C20H20N2. The van der Waals surface area contributed by atoms with E-state index >= 15 is 0 Å². The first-order valence-electron chi connectivity index (χ1n) is 7.62. The number of nitrogens with two attached hydrogens (primary N) is 2. The molecule has 0 atom stereocenters. The Kier molecular flexibility index (Phi) is 3.60. The molecule has 0 radical (unpaired) electrons. The summed E-state index contributed by atoms with van der Waals surface area (Å²) in [6.07, 6.45) is 0. The van der Waals surface area contributed by atoms with Gasteiger partial charge < -0.3 is 11.5 Å². The topological polar surface area (TPSA) is 52.0 Å². The molecule has 0 spiro atoms. The van der Waals surface area contributed by atoms with Gasteiger partial charge in [0, 0.05) is 11.4 Å². The zero-order valence-electron chi connectivity index (χ0n) is 12.9. The summed E-state index contributed by atoms with van der Waals surface area (Å²) < 4.78 is 0. The molecule has 4 aromatic carbocycles. The lowest BCUT2D eigenvalue weighted by Crippen LogP contribution is -1.87. The van der Waals surface area contributed by atoms with Crippen LogP contribution < -0.4 is 11.5 Å².